The van der Waals surface area contributed by atoms with Crippen LogP contribution < -0.4 is 5.73 Å². The van der Waals surface area contributed by atoms with Crippen LogP contribution >= 0.6 is 0 Å². The molecule has 2 rings (SSSR count). The Morgan fingerprint density at radius 2 is 2.21 bits per heavy atom. The van der Waals surface area contributed by atoms with Crippen molar-refractivity contribution < 1.29 is 9.50 Å². The lowest BCUT2D eigenvalue weighted by Crippen LogP contribution is -2.35. The van der Waals surface area contributed by atoms with Crippen LogP contribution in [0.2, 0.25) is 0 Å². The molecular weight excluding hydrogens is 181 g/mol. The summed E-state index contributed by atoms with van der Waals surface area (Å²) in [5.74, 6) is 0.177. The highest BCUT2D eigenvalue weighted by Crippen LogP contribution is 2.38. The molecule has 1 saturated carbocycles. The third-order valence-electron chi connectivity index (χ3n) is 2.78. The van der Waals surface area contributed by atoms with E-state index >= 15 is 0 Å². The summed E-state index contributed by atoms with van der Waals surface area (Å²) >= 11 is 0. The van der Waals surface area contributed by atoms with E-state index in [1.165, 1.54) is 0 Å². The van der Waals surface area contributed by atoms with E-state index in [0.29, 0.717) is 6.42 Å². The van der Waals surface area contributed by atoms with E-state index < -0.39 is 11.7 Å². The van der Waals surface area contributed by atoms with Gasteiger partial charge in [0.05, 0.1) is 0 Å². The molecule has 0 aromatic heterocycles. The highest BCUT2D eigenvalue weighted by atomic mass is 19.1. The van der Waals surface area contributed by atoms with Crippen molar-refractivity contribution in [1.82, 2.24) is 0 Å². The third-order valence-corrected chi connectivity index (χ3v) is 2.78. The highest BCUT2D eigenvalue weighted by Gasteiger charge is 2.46. The van der Waals surface area contributed by atoms with E-state index in [4.69, 9.17) is 5.73 Å². The Kier molecular flexibility index (Phi) is 2.19. The van der Waals surface area contributed by atoms with Crippen LogP contribution in [0.5, 0.6) is 5.75 Å². The minimum atomic E-state index is -0.996. The first-order valence-corrected chi connectivity index (χ1v) is 4.81. The standard InChI is InChI=1S/C11H14FNO/c12-10(11(13)4-5-11)7-8-2-1-3-9(14)6-8/h1-3,6,10,14H,4-5,7,13H2. The van der Waals surface area contributed by atoms with Gasteiger partial charge >= 0.3 is 0 Å². The molecule has 0 aliphatic heterocycles. The number of aromatic hydroxyl groups is 1. The molecule has 0 bridgehead atoms. The quantitative estimate of drug-likeness (QED) is 0.772. The number of phenols is 1. The van der Waals surface area contributed by atoms with Crippen LogP contribution in [-0.4, -0.2) is 16.8 Å². The molecule has 1 atom stereocenters. The molecule has 2 nitrogen and oxygen atoms in total. The Balaban J connectivity index is 2.03. The van der Waals surface area contributed by atoms with Crippen molar-refractivity contribution in [2.24, 2.45) is 5.73 Å². The average Bonchev–Trinajstić information content (AvgIpc) is 2.85. The van der Waals surface area contributed by atoms with Gasteiger partial charge in [-0.3, -0.25) is 0 Å². The van der Waals surface area contributed by atoms with Crippen LogP contribution in [-0.2, 0) is 6.42 Å². The van der Waals surface area contributed by atoms with Gasteiger partial charge in [-0.25, -0.2) is 4.39 Å². The summed E-state index contributed by atoms with van der Waals surface area (Å²) in [6, 6.07) is 6.68. The summed E-state index contributed by atoms with van der Waals surface area (Å²) < 4.78 is 13.6. The first kappa shape index (κ1) is 9.46. The number of hydrogen-bond acceptors (Lipinski definition) is 2. The maximum absolute atomic E-state index is 13.6. The van der Waals surface area contributed by atoms with E-state index in [1.807, 2.05) is 0 Å². The van der Waals surface area contributed by atoms with Gasteiger partial charge in [0.2, 0.25) is 0 Å². The molecule has 14 heavy (non-hydrogen) atoms. The lowest BCUT2D eigenvalue weighted by atomic mass is 10.0. The lowest BCUT2D eigenvalue weighted by Gasteiger charge is -2.14. The normalized spacial score (nSPS) is 20.4. The number of rotatable bonds is 3. The smallest absolute Gasteiger partial charge is 0.122 e. The van der Waals surface area contributed by atoms with Crippen molar-refractivity contribution in [2.45, 2.75) is 31.0 Å². The van der Waals surface area contributed by atoms with Crippen LogP contribution in [0.25, 0.3) is 0 Å². The van der Waals surface area contributed by atoms with E-state index in [2.05, 4.69) is 0 Å². The number of hydrogen-bond donors (Lipinski definition) is 2. The van der Waals surface area contributed by atoms with Crippen molar-refractivity contribution in [2.75, 3.05) is 0 Å². The monoisotopic (exact) mass is 195 g/mol. The summed E-state index contributed by atoms with van der Waals surface area (Å²) in [5.41, 5.74) is 5.95. The van der Waals surface area contributed by atoms with Crippen LogP contribution in [0.3, 0.4) is 0 Å². The number of benzene rings is 1. The van der Waals surface area contributed by atoms with Crippen LogP contribution in [0.1, 0.15) is 18.4 Å². The molecule has 0 amide bonds. The van der Waals surface area contributed by atoms with Gasteiger partial charge in [0, 0.05) is 12.0 Å². The van der Waals surface area contributed by atoms with Crippen molar-refractivity contribution >= 4 is 0 Å². The molecule has 1 unspecified atom stereocenters. The zero-order chi connectivity index (χ0) is 10.2. The summed E-state index contributed by atoms with van der Waals surface area (Å²) in [5, 5.41) is 9.19. The van der Waals surface area contributed by atoms with Gasteiger partial charge in [0.1, 0.15) is 11.9 Å². The predicted octanol–water partition coefficient (Wildman–Crippen LogP) is 1.76. The molecule has 76 valence electrons. The van der Waals surface area contributed by atoms with Crippen LogP contribution in [0.15, 0.2) is 24.3 Å². The lowest BCUT2D eigenvalue weighted by molar-refractivity contribution is 0.266. The van der Waals surface area contributed by atoms with E-state index in [1.54, 1.807) is 24.3 Å². The first-order chi connectivity index (χ1) is 6.60. The molecule has 0 heterocycles. The van der Waals surface area contributed by atoms with E-state index in [0.717, 1.165) is 18.4 Å². The zero-order valence-electron chi connectivity index (χ0n) is 7.91. The largest absolute Gasteiger partial charge is 0.508 e. The van der Waals surface area contributed by atoms with Gasteiger partial charge in [0.25, 0.3) is 0 Å². The Hall–Kier alpha value is -1.09. The number of phenolic OH excluding ortho intramolecular Hbond substituents is 1. The summed E-state index contributed by atoms with van der Waals surface area (Å²) in [7, 11) is 0. The summed E-state index contributed by atoms with van der Waals surface area (Å²) in [4.78, 5) is 0. The summed E-state index contributed by atoms with van der Waals surface area (Å²) in [6.07, 6.45) is 0.842. The van der Waals surface area contributed by atoms with Crippen molar-refractivity contribution in [1.29, 1.82) is 0 Å². The second-order valence-electron chi connectivity index (χ2n) is 4.07. The topological polar surface area (TPSA) is 46.2 Å². The maximum Gasteiger partial charge on any atom is 0.122 e. The molecular formula is C11H14FNO. The molecule has 0 spiro atoms. The van der Waals surface area contributed by atoms with Gasteiger partial charge in [0.15, 0.2) is 0 Å². The Morgan fingerprint density at radius 1 is 1.50 bits per heavy atom. The molecule has 1 aromatic rings. The third kappa shape index (κ3) is 1.87. The minimum Gasteiger partial charge on any atom is -0.508 e. The van der Waals surface area contributed by atoms with Gasteiger partial charge < -0.3 is 10.8 Å². The average molecular weight is 195 g/mol. The molecule has 1 fully saturated rings. The van der Waals surface area contributed by atoms with Crippen molar-refractivity contribution in [3.05, 3.63) is 29.8 Å². The molecule has 3 heteroatoms. The summed E-state index contributed by atoms with van der Waals surface area (Å²) in [6.45, 7) is 0. The van der Waals surface area contributed by atoms with Crippen molar-refractivity contribution in [3.63, 3.8) is 0 Å². The van der Waals surface area contributed by atoms with Crippen molar-refractivity contribution in [3.8, 4) is 5.75 Å². The van der Waals surface area contributed by atoms with Crippen LogP contribution in [0.4, 0.5) is 4.39 Å². The van der Waals surface area contributed by atoms with Gasteiger partial charge in [-0.1, -0.05) is 12.1 Å². The second kappa shape index (κ2) is 3.24. The molecule has 1 aliphatic carbocycles. The molecule has 0 saturated heterocycles. The number of alkyl halides is 1. The van der Waals surface area contributed by atoms with Crippen LogP contribution in [0, 0.1) is 0 Å². The first-order valence-electron chi connectivity index (χ1n) is 4.81. The minimum absolute atomic E-state index is 0.177. The fourth-order valence-corrected chi connectivity index (χ4v) is 1.55. The second-order valence-corrected chi connectivity index (χ2v) is 4.07. The SMILES string of the molecule is NC1(C(F)Cc2cccc(O)c2)CC1. The fourth-order valence-electron chi connectivity index (χ4n) is 1.55. The van der Waals surface area contributed by atoms with Gasteiger partial charge in [-0.15, -0.1) is 0 Å². The van der Waals surface area contributed by atoms with E-state index in [9.17, 15) is 9.50 Å². The predicted molar refractivity (Wildman–Crippen MR) is 52.9 cm³/mol. The fraction of sp³-hybridized carbons (Fsp3) is 0.455. The zero-order valence-corrected chi connectivity index (χ0v) is 7.91. The van der Waals surface area contributed by atoms with Gasteiger partial charge in [-0.2, -0.15) is 0 Å². The Morgan fingerprint density at radius 3 is 2.79 bits per heavy atom. The number of halogens is 1. The maximum atomic E-state index is 13.6. The Labute approximate surface area is 82.5 Å². The molecule has 1 aromatic carbocycles. The number of nitrogens with two attached hydrogens (primary N) is 1. The Bertz CT molecular complexity index is 336. The van der Waals surface area contributed by atoms with Gasteiger partial charge in [-0.05, 0) is 30.5 Å². The van der Waals surface area contributed by atoms with E-state index in [-0.39, 0.29) is 5.75 Å². The molecule has 3 N–H and O–H groups in total. The molecule has 0 radical (unpaired) electrons. The molecule has 1 aliphatic rings. The highest BCUT2D eigenvalue weighted by molar-refractivity contribution is 5.28.